The van der Waals surface area contributed by atoms with Crippen molar-refractivity contribution in [2.45, 2.75) is 0 Å². The molecule has 6 heteroatoms. The first-order valence-electron chi connectivity index (χ1n) is 6.70. The molecule has 1 aromatic heterocycles. The van der Waals surface area contributed by atoms with E-state index in [0.717, 1.165) is 22.3 Å². The third-order valence-electron chi connectivity index (χ3n) is 3.26. The minimum atomic E-state index is 0.203. The van der Waals surface area contributed by atoms with E-state index in [2.05, 4.69) is 15.3 Å². The Morgan fingerprint density at radius 3 is 2.55 bits per heavy atom. The largest absolute Gasteiger partial charge is 0.378 e. The maximum Gasteiger partial charge on any atom is 0.224 e. The molecule has 112 valence electrons. The molecule has 0 aliphatic carbocycles. The van der Waals surface area contributed by atoms with Crippen LogP contribution in [0.2, 0.25) is 10.3 Å². The Labute approximate surface area is 138 Å². The van der Waals surface area contributed by atoms with Gasteiger partial charge >= 0.3 is 0 Å². The highest BCUT2D eigenvalue weighted by Crippen LogP contribution is 2.29. The molecule has 0 saturated heterocycles. The molecule has 0 radical (unpaired) electrons. The lowest BCUT2D eigenvalue weighted by Gasteiger charge is -2.15. The van der Waals surface area contributed by atoms with Gasteiger partial charge in [-0.15, -0.1) is 0 Å². The molecule has 0 amide bonds. The third kappa shape index (κ3) is 3.08. The van der Waals surface area contributed by atoms with E-state index in [1.165, 1.54) is 0 Å². The standard InChI is InChI=1S/C16H14Cl2N4/c1-22(2)12-6-7-14-13(9-12)15(21-16(18)20-14)19-11-5-3-4-10(17)8-11/h3-9H,1-2H3,(H,19,20,21). The Bertz CT molecular complexity index is 833. The zero-order valence-corrected chi connectivity index (χ0v) is 13.7. The summed E-state index contributed by atoms with van der Waals surface area (Å²) >= 11 is 12.0. The van der Waals surface area contributed by atoms with E-state index in [9.17, 15) is 0 Å². The molecule has 1 heterocycles. The van der Waals surface area contributed by atoms with Gasteiger partial charge in [-0.05, 0) is 48.0 Å². The van der Waals surface area contributed by atoms with Crippen LogP contribution in [0.4, 0.5) is 17.2 Å². The number of rotatable bonds is 3. The maximum atomic E-state index is 6.02. The minimum absolute atomic E-state index is 0.203. The molecule has 0 bridgehead atoms. The highest BCUT2D eigenvalue weighted by atomic mass is 35.5. The molecule has 0 spiro atoms. The van der Waals surface area contributed by atoms with E-state index in [1.54, 1.807) is 0 Å². The summed E-state index contributed by atoms with van der Waals surface area (Å²) in [6.45, 7) is 0. The van der Waals surface area contributed by atoms with Crippen molar-refractivity contribution >= 4 is 51.3 Å². The van der Waals surface area contributed by atoms with Gasteiger partial charge in [-0.1, -0.05) is 17.7 Å². The van der Waals surface area contributed by atoms with Crippen LogP contribution in [0.3, 0.4) is 0 Å². The van der Waals surface area contributed by atoms with Gasteiger partial charge in [0.05, 0.1) is 5.52 Å². The predicted molar refractivity (Wildman–Crippen MR) is 93.6 cm³/mol. The Hall–Kier alpha value is -2.04. The van der Waals surface area contributed by atoms with Crippen molar-refractivity contribution < 1.29 is 0 Å². The molecule has 0 unspecified atom stereocenters. The van der Waals surface area contributed by atoms with E-state index < -0.39 is 0 Å². The fourth-order valence-corrected chi connectivity index (χ4v) is 2.53. The Balaban J connectivity index is 2.12. The monoisotopic (exact) mass is 332 g/mol. The van der Waals surface area contributed by atoms with Crippen molar-refractivity contribution in [2.75, 3.05) is 24.3 Å². The van der Waals surface area contributed by atoms with Crippen molar-refractivity contribution in [1.82, 2.24) is 9.97 Å². The number of hydrogen-bond donors (Lipinski definition) is 1. The molecule has 0 aliphatic rings. The summed E-state index contributed by atoms with van der Waals surface area (Å²) in [5.41, 5.74) is 2.70. The number of nitrogens with zero attached hydrogens (tertiary/aromatic N) is 3. The molecule has 2 aromatic carbocycles. The quantitative estimate of drug-likeness (QED) is 0.703. The molecule has 4 nitrogen and oxygen atoms in total. The zero-order chi connectivity index (χ0) is 15.7. The van der Waals surface area contributed by atoms with Crippen LogP contribution < -0.4 is 10.2 Å². The average molecular weight is 333 g/mol. The summed E-state index contributed by atoms with van der Waals surface area (Å²) in [5, 5.41) is 5.01. The summed E-state index contributed by atoms with van der Waals surface area (Å²) in [4.78, 5) is 10.6. The Morgan fingerprint density at radius 2 is 1.82 bits per heavy atom. The lowest BCUT2D eigenvalue weighted by atomic mass is 10.2. The fraction of sp³-hybridized carbons (Fsp3) is 0.125. The van der Waals surface area contributed by atoms with E-state index in [0.29, 0.717) is 10.8 Å². The van der Waals surface area contributed by atoms with E-state index >= 15 is 0 Å². The van der Waals surface area contributed by atoms with Crippen LogP contribution >= 0.6 is 23.2 Å². The highest BCUT2D eigenvalue weighted by Gasteiger charge is 2.09. The summed E-state index contributed by atoms with van der Waals surface area (Å²) in [5.74, 6) is 0.654. The number of benzene rings is 2. The normalized spacial score (nSPS) is 10.7. The Kier molecular flexibility index (Phi) is 4.05. The van der Waals surface area contributed by atoms with Crippen LogP contribution in [0.5, 0.6) is 0 Å². The molecule has 0 aliphatic heterocycles. The first-order chi connectivity index (χ1) is 10.5. The van der Waals surface area contributed by atoms with Gasteiger partial charge in [0, 0.05) is 35.9 Å². The minimum Gasteiger partial charge on any atom is -0.378 e. The molecule has 3 aromatic rings. The molecule has 0 atom stereocenters. The molecular weight excluding hydrogens is 319 g/mol. The van der Waals surface area contributed by atoms with E-state index in [1.807, 2.05) is 61.5 Å². The summed E-state index contributed by atoms with van der Waals surface area (Å²) in [7, 11) is 3.98. The SMILES string of the molecule is CN(C)c1ccc2nc(Cl)nc(Nc3cccc(Cl)c3)c2c1. The first-order valence-corrected chi connectivity index (χ1v) is 7.46. The second-order valence-corrected chi connectivity index (χ2v) is 5.85. The van der Waals surface area contributed by atoms with Gasteiger partial charge in [0.2, 0.25) is 5.28 Å². The molecule has 1 N–H and O–H groups in total. The number of aromatic nitrogens is 2. The number of hydrogen-bond acceptors (Lipinski definition) is 4. The second-order valence-electron chi connectivity index (χ2n) is 5.07. The molecule has 22 heavy (non-hydrogen) atoms. The van der Waals surface area contributed by atoms with Crippen LogP contribution in [0.1, 0.15) is 0 Å². The van der Waals surface area contributed by atoms with Crippen LogP contribution in [-0.2, 0) is 0 Å². The summed E-state index contributed by atoms with van der Waals surface area (Å²) in [6.07, 6.45) is 0. The second kappa shape index (κ2) is 5.99. The van der Waals surface area contributed by atoms with Crippen LogP contribution in [0, 0.1) is 0 Å². The Morgan fingerprint density at radius 1 is 1.00 bits per heavy atom. The van der Waals surface area contributed by atoms with Crippen LogP contribution in [0.15, 0.2) is 42.5 Å². The number of anilines is 3. The van der Waals surface area contributed by atoms with Crippen LogP contribution in [-0.4, -0.2) is 24.1 Å². The summed E-state index contributed by atoms with van der Waals surface area (Å²) < 4.78 is 0. The molecule has 0 saturated carbocycles. The molecule has 3 rings (SSSR count). The van der Waals surface area contributed by atoms with Crippen molar-refractivity contribution in [1.29, 1.82) is 0 Å². The smallest absolute Gasteiger partial charge is 0.224 e. The van der Waals surface area contributed by atoms with Gasteiger partial charge in [0.25, 0.3) is 0 Å². The van der Waals surface area contributed by atoms with Gasteiger partial charge in [0.1, 0.15) is 5.82 Å². The highest BCUT2D eigenvalue weighted by molar-refractivity contribution is 6.31. The first kappa shape index (κ1) is 14.9. The average Bonchev–Trinajstić information content (AvgIpc) is 2.46. The van der Waals surface area contributed by atoms with Crippen molar-refractivity contribution in [3.8, 4) is 0 Å². The van der Waals surface area contributed by atoms with Crippen molar-refractivity contribution in [2.24, 2.45) is 0 Å². The van der Waals surface area contributed by atoms with Gasteiger partial charge in [0.15, 0.2) is 0 Å². The van der Waals surface area contributed by atoms with E-state index in [-0.39, 0.29) is 5.28 Å². The topological polar surface area (TPSA) is 41.1 Å². The predicted octanol–water partition coefficient (Wildman–Crippen LogP) is 4.75. The lowest BCUT2D eigenvalue weighted by Crippen LogP contribution is -2.08. The van der Waals surface area contributed by atoms with Gasteiger partial charge in [-0.2, -0.15) is 4.98 Å². The lowest BCUT2D eigenvalue weighted by molar-refractivity contribution is 1.13. The number of fused-ring (bicyclic) bond motifs is 1. The van der Waals surface area contributed by atoms with Crippen LogP contribution in [0.25, 0.3) is 10.9 Å². The molecular formula is C16H14Cl2N4. The number of nitrogens with one attached hydrogen (secondary N) is 1. The van der Waals surface area contributed by atoms with Gasteiger partial charge in [-0.25, -0.2) is 4.98 Å². The fourth-order valence-electron chi connectivity index (χ4n) is 2.16. The number of halogens is 2. The van der Waals surface area contributed by atoms with Gasteiger partial charge in [-0.3, -0.25) is 0 Å². The molecule has 0 fully saturated rings. The van der Waals surface area contributed by atoms with Gasteiger partial charge < -0.3 is 10.2 Å². The maximum absolute atomic E-state index is 6.02. The van der Waals surface area contributed by atoms with Crippen molar-refractivity contribution in [3.05, 3.63) is 52.8 Å². The van der Waals surface area contributed by atoms with E-state index in [4.69, 9.17) is 23.2 Å². The zero-order valence-electron chi connectivity index (χ0n) is 12.1. The summed E-state index contributed by atoms with van der Waals surface area (Å²) in [6, 6.07) is 13.4. The van der Waals surface area contributed by atoms with Crippen molar-refractivity contribution in [3.63, 3.8) is 0 Å². The third-order valence-corrected chi connectivity index (χ3v) is 3.66.